The Balaban J connectivity index is 1.86. The second-order valence-corrected chi connectivity index (χ2v) is 4.08. The van der Waals surface area contributed by atoms with Crippen LogP contribution in [0.15, 0.2) is 24.7 Å². The summed E-state index contributed by atoms with van der Waals surface area (Å²) in [5, 5.41) is 15.5. The molecule has 0 aliphatic heterocycles. The van der Waals surface area contributed by atoms with E-state index in [-0.39, 0.29) is 17.2 Å². The highest BCUT2D eigenvalue weighted by Gasteiger charge is 2.09. The standard InChI is InChI=1S/C12H13N5O3/c1-17-7-15-10(16-17)4-5-13-11(18)9-3-2-8(6-14-9)12(19)20/h2-3,6-7H,4-5H2,1H3,(H,13,18)(H,19,20). The molecule has 2 heterocycles. The largest absolute Gasteiger partial charge is 0.478 e. The molecule has 0 bridgehead atoms. The summed E-state index contributed by atoms with van der Waals surface area (Å²) in [6.07, 6.45) is 3.25. The number of hydrogen-bond acceptors (Lipinski definition) is 5. The van der Waals surface area contributed by atoms with Crippen molar-refractivity contribution in [2.24, 2.45) is 7.05 Å². The van der Waals surface area contributed by atoms with Crippen LogP contribution >= 0.6 is 0 Å². The first kappa shape index (κ1) is 13.7. The van der Waals surface area contributed by atoms with Crippen molar-refractivity contribution >= 4 is 11.9 Å². The minimum absolute atomic E-state index is 0.0410. The van der Waals surface area contributed by atoms with Crippen molar-refractivity contribution in [2.75, 3.05) is 6.54 Å². The fraction of sp³-hybridized carbons (Fsp3) is 0.250. The van der Waals surface area contributed by atoms with Crippen molar-refractivity contribution in [3.63, 3.8) is 0 Å². The van der Waals surface area contributed by atoms with E-state index in [9.17, 15) is 9.59 Å². The van der Waals surface area contributed by atoms with Crippen molar-refractivity contribution in [3.8, 4) is 0 Å². The summed E-state index contributed by atoms with van der Waals surface area (Å²) in [5.74, 6) is -0.800. The van der Waals surface area contributed by atoms with E-state index >= 15 is 0 Å². The molecule has 2 aromatic rings. The second kappa shape index (κ2) is 5.91. The lowest BCUT2D eigenvalue weighted by atomic mass is 10.2. The van der Waals surface area contributed by atoms with Crippen molar-refractivity contribution in [1.29, 1.82) is 0 Å². The summed E-state index contributed by atoms with van der Waals surface area (Å²) >= 11 is 0. The predicted molar refractivity (Wildman–Crippen MR) is 68.2 cm³/mol. The summed E-state index contributed by atoms with van der Waals surface area (Å²) < 4.78 is 1.59. The molecule has 104 valence electrons. The number of rotatable bonds is 5. The van der Waals surface area contributed by atoms with E-state index in [0.29, 0.717) is 18.8 Å². The number of aromatic carboxylic acids is 1. The Bertz CT molecular complexity index is 620. The van der Waals surface area contributed by atoms with Gasteiger partial charge in [-0.25, -0.2) is 9.78 Å². The topological polar surface area (TPSA) is 110 Å². The van der Waals surface area contributed by atoms with Crippen LogP contribution in [0.4, 0.5) is 0 Å². The smallest absolute Gasteiger partial charge is 0.337 e. The Kier molecular flexibility index (Phi) is 4.04. The molecular formula is C12H13N5O3. The fourth-order valence-corrected chi connectivity index (χ4v) is 1.53. The van der Waals surface area contributed by atoms with E-state index in [1.165, 1.54) is 12.1 Å². The number of amides is 1. The summed E-state index contributed by atoms with van der Waals surface area (Å²) in [7, 11) is 1.77. The molecule has 0 saturated carbocycles. The van der Waals surface area contributed by atoms with Gasteiger partial charge < -0.3 is 10.4 Å². The molecule has 8 heteroatoms. The summed E-state index contributed by atoms with van der Waals surface area (Å²) in [5.41, 5.74) is 0.211. The number of pyridine rings is 1. The van der Waals surface area contributed by atoms with Gasteiger partial charge in [0, 0.05) is 26.2 Å². The normalized spacial score (nSPS) is 10.2. The van der Waals surface area contributed by atoms with Gasteiger partial charge in [-0.1, -0.05) is 0 Å². The second-order valence-electron chi connectivity index (χ2n) is 4.08. The summed E-state index contributed by atoms with van der Waals surface area (Å²) in [6.45, 7) is 0.380. The highest BCUT2D eigenvalue weighted by Crippen LogP contribution is 2.00. The fourth-order valence-electron chi connectivity index (χ4n) is 1.53. The van der Waals surface area contributed by atoms with Gasteiger partial charge in [0.2, 0.25) is 0 Å². The average molecular weight is 275 g/mol. The third-order valence-electron chi connectivity index (χ3n) is 2.52. The first-order valence-corrected chi connectivity index (χ1v) is 5.88. The van der Waals surface area contributed by atoms with E-state index in [0.717, 1.165) is 6.20 Å². The van der Waals surface area contributed by atoms with Gasteiger partial charge in [-0.2, -0.15) is 5.10 Å². The Morgan fingerprint density at radius 3 is 2.70 bits per heavy atom. The maximum absolute atomic E-state index is 11.8. The van der Waals surface area contributed by atoms with Crippen molar-refractivity contribution in [3.05, 3.63) is 41.7 Å². The van der Waals surface area contributed by atoms with E-state index < -0.39 is 5.97 Å². The van der Waals surface area contributed by atoms with Gasteiger partial charge in [-0.3, -0.25) is 14.5 Å². The molecule has 2 aromatic heterocycles. The molecule has 1 amide bonds. The van der Waals surface area contributed by atoms with E-state index in [2.05, 4.69) is 20.4 Å². The molecule has 0 saturated heterocycles. The molecule has 0 spiro atoms. The van der Waals surface area contributed by atoms with Gasteiger partial charge in [0.15, 0.2) is 5.82 Å². The Labute approximate surface area is 114 Å². The van der Waals surface area contributed by atoms with Gasteiger partial charge in [-0.05, 0) is 12.1 Å². The number of aryl methyl sites for hydroxylation is 1. The maximum Gasteiger partial charge on any atom is 0.337 e. The number of carboxylic acids is 1. The van der Waals surface area contributed by atoms with Crippen LogP contribution in [0.5, 0.6) is 0 Å². The van der Waals surface area contributed by atoms with Gasteiger partial charge in [-0.15, -0.1) is 0 Å². The average Bonchev–Trinajstić information content (AvgIpc) is 2.84. The van der Waals surface area contributed by atoms with Crippen LogP contribution in [0.1, 0.15) is 26.7 Å². The molecule has 0 unspecified atom stereocenters. The van der Waals surface area contributed by atoms with Crippen LogP contribution in [0, 0.1) is 0 Å². The van der Waals surface area contributed by atoms with Gasteiger partial charge in [0.1, 0.15) is 12.0 Å². The molecule has 20 heavy (non-hydrogen) atoms. The van der Waals surface area contributed by atoms with Crippen LogP contribution in [-0.4, -0.2) is 43.3 Å². The third-order valence-corrected chi connectivity index (χ3v) is 2.52. The van der Waals surface area contributed by atoms with Crippen LogP contribution in [-0.2, 0) is 13.5 Å². The van der Waals surface area contributed by atoms with Gasteiger partial charge >= 0.3 is 5.97 Å². The minimum atomic E-state index is -1.08. The molecular weight excluding hydrogens is 262 g/mol. The number of nitrogens with zero attached hydrogens (tertiary/aromatic N) is 4. The summed E-state index contributed by atoms with van der Waals surface area (Å²) in [6, 6.07) is 2.71. The molecule has 0 aliphatic rings. The number of aromatic nitrogens is 4. The lowest BCUT2D eigenvalue weighted by Gasteiger charge is -2.03. The molecule has 2 N–H and O–H groups in total. The quantitative estimate of drug-likeness (QED) is 0.787. The number of carboxylic acid groups (broad SMARTS) is 1. The van der Waals surface area contributed by atoms with Crippen LogP contribution in [0.2, 0.25) is 0 Å². The first-order chi connectivity index (χ1) is 9.56. The zero-order valence-electron chi connectivity index (χ0n) is 10.8. The number of hydrogen-bond donors (Lipinski definition) is 2. The van der Waals surface area contributed by atoms with Crippen molar-refractivity contribution < 1.29 is 14.7 Å². The predicted octanol–water partition coefficient (Wildman–Crippen LogP) is -0.119. The Morgan fingerprint density at radius 1 is 1.35 bits per heavy atom. The zero-order valence-corrected chi connectivity index (χ0v) is 10.8. The van der Waals surface area contributed by atoms with Crippen LogP contribution < -0.4 is 5.32 Å². The lowest BCUT2D eigenvalue weighted by molar-refractivity contribution is 0.0695. The molecule has 0 radical (unpaired) electrons. The summed E-state index contributed by atoms with van der Waals surface area (Å²) in [4.78, 5) is 30.2. The SMILES string of the molecule is Cn1cnc(CCNC(=O)c2ccc(C(=O)O)cn2)n1. The van der Waals surface area contributed by atoms with Gasteiger partial charge in [0.25, 0.3) is 5.91 Å². The zero-order chi connectivity index (χ0) is 14.5. The highest BCUT2D eigenvalue weighted by molar-refractivity contribution is 5.93. The number of nitrogens with one attached hydrogen (secondary N) is 1. The Hall–Kier alpha value is -2.77. The van der Waals surface area contributed by atoms with E-state index in [4.69, 9.17) is 5.11 Å². The highest BCUT2D eigenvalue weighted by atomic mass is 16.4. The Morgan fingerprint density at radius 2 is 2.15 bits per heavy atom. The van der Waals surface area contributed by atoms with Crippen molar-refractivity contribution in [2.45, 2.75) is 6.42 Å². The molecule has 0 fully saturated rings. The number of carbonyl (C=O) groups is 2. The maximum atomic E-state index is 11.8. The van der Waals surface area contributed by atoms with Crippen LogP contribution in [0.3, 0.4) is 0 Å². The van der Waals surface area contributed by atoms with Crippen LogP contribution in [0.25, 0.3) is 0 Å². The molecule has 0 atom stereocenters. The number of carbonyl (C=O) groups excluding carboxylic acids is 1. The molecule has 0 aliphatic carbocycles. The van der Waals surface area contributed by atoms with Crippen molar-refractivity contribution in [1.82, 2.24) is 25.1 Å². The van der Waals surface area contributed by atoms with E-state index in [1.54, 1.807) is 18.1 Å². The minimum Gasteiger partial charge on any atom is -0.478 e. The lowest BCUT2D eigenvalue weighted by Crippen LogP contribution is -2.26. The molecule has 8 nitrogen and oxygen atoms in total. The molecule has 2 rings (SSSR count). The monoisotopic (exact) mass is 275 g/mol. The van der Waals surface area contributed by atoms with E-state index in [1.807, 2.05) is 0 Å². The van der Waals surface area contributed by atoms with Gasteiger partial charge in [0.05, 0.1) is 5.56 Å². The molecule has 0 aromatic carbocycles. The first-order valence-electron chi connectivity index (χ1n) is 5.88. The third kappa shape index (κ3) is 3.37.